The summed E-state index contributed by atoms with van der Waals surface area (Å²) in [5.74, 6) is 2.84. The van der Waals surface area contributed by atoms with Gasteiger partial charge in [-0.3, -0.25) is 4.90 Å². The van der Waals surface area contributed by atoms with Gasteiger partial charge in [-0.1, -0.05) is 12.1 Å². The molecule has 1 N–H and O–H groups in total. The van der Waals surface area contributed by atoms with Gasteiger partial charge in [0.15, 0.2) is 0 Å². The van der Waals surface area contributed by atoms with Gasteiger partial charge in [-0.2, -0.15) is 0 Å². The summed E-state index contributed by atoms with van der Waals surface area (Å²) in [6.07, 6.45) is 5.73. The molecule has 0 radical (unpaired) electrons. The highest BCUT2D eigenvalue weighted by molar-refractivity contribution is 5.27. The Morgan fingerprint density at radius 2 is 1.81 bits per heavy atom. The Balaban J connectivity index is 1.45. The van der Waals surface area contributed by atoms with Crippen LogP contribution in [0.4, 0.5) is 0 Å². The molecule has 1 saturated heterocycles. The van der Waals surface area contributed by atoms with Crippen LogP contribution in [0.25, 0.3) is 0 Å². The standard InChI is InChI=1S/C18H26N2O/c1-21-16-8-2-13(3-9-16)11-20-12-17(14-4-5-14)19-10-18(20)15-6-7-15/h2-3,8-9,14-15,17-19H,4-7,10-12H2,1H3. The van der Waals surface area contributed by atoms with Crippen LogP contribution in [0.5, 0.6) is 5.75 Å². The molecule has 0 aromatic heterocycles. The van der Waals surface area contributed by atoms with E-state index >= 15 is 0 Å². The van der Waals surface area contributed by atoms with Crippen LogP contribution in [0, 0.1) is 11.8 Å². The molecule has 1 heterocycles. The molecular formula is C18H26N2O. The fourth-order valence-corrected chi connectivity index (χ4v) is 3.76. The summed E-state index contributed by atoms with van der Waals surface area (Å²) in [7, 11) is 1.73. The predicted molar refractivity (Wildman–Crippen MR) is 84.4 cm³/mol. The molecule has 3 aliphatic rings. The van der Waals surface area contributed by atoms with E-state index in [-0.39, 0.29) is 0 Å². The molecule has 1 aliphatic heterocycles. The molecule has 0 spiro atoms. The Labute approximate surface area is 127 Å². The number of rotatable bonds is 5. The molecule has 21 heavy (non-hydrogen) atoms. The lowest BCUT2D eigenvalue weighted by atomic mass is 10.0. The molecule has 3 heteroatoms. The van der Waals surface area contributed by atoms with Gasteiger partial charge in [0.05, 0.1) is 7.11 Å². The molecule has 3 fully saturated rings. The summed E-state index contributed by atoms with van der Waals surface area (Å²) in [6.45, 7) is 3.52. The van der Waals surface area contributed by atoms with E-state index in [0.717, 1.165) is 36.2 Å². The summed E-state index contributed by atoms with van der Waals surface area (Å²) in [4.78, 5) is 2.75. The minimum Gasteiger partial charge on any atom is -0.497 e. The predicted octanol–water partition coefficient (Wildman–Crippen LogP) is 2.66. The van der Waals surface area contributed by atoms with Gasteiger partial charge in [-0.15, -0.1) is 0 Å². The van der Waals surface area contributed by atoms with E-state index in [4.69, 9.17) is 4.74 Å². The Hall–Kier alpha value is -1.06. The van der Waals surface area contributed by atoms with Crippen molar-refractivity contribution < 1.29 is 4.74 Å². The molecule has 4 rings (SSSR count). The fourth-order valence-electron chi connectivity index (χ4n) is 3.76. The quantitative estimate of drug-likeness (QED) is 0.900. The van der Waals surface area contributed by atoms with E-state index in [9.17, 15) is 0 Å². The first kappa shape index (κ1) is 13.6. The third-order valence-electron chi connectivity index (χ3n) is 5.39. The molecular weight excluding hydrogens is 260 g/mol. The summed E-state index contributed by atoms with van der Waals surface area (Å²) in [5.41, 5.74) is 1.41. The van der Waals surface area contributed by atoms with Gasteiger partial charge < -0.3 is 10.1 Å². The first-order valence-corrected chi connectivity index (χ1v) is 8.44. The van der Waals surface area contributed by atoms with Gasteiger partial charge in [0, 0.05) is 31.7 Å². The van der Waals surface area contributed by atoms with Gasteiger partial charge in [-0.25, -0.2) is 0 Å². The lowest BCUT2D eigenvalue weighted by Gasteiger charge is -2.41. The maximum Gasteiger partial charge on any atom is 0.118 e. The number of hydrogen-bond acceptors (Lipinski definition) is 3. The second kappa shape index (κ2) is 5.62. The number of piperazine rings is 1. The van der Waals surface area contributed by atoms with Crippen LogP contribution in [0.15, 0.2) is 24.3 Å². The maximum absolute atomic E-state index is 5.26. The molecule has 2 saturated carbocycles. The summed E-state index contributed by atoms with van der Waals surface area (Å²) >= 11 is 0. The van der Waals surface area contributed by atoms with E-state index < -0.39 is 0 Å². The SMILES string of the molecule is COc1ccc(CN2CC(C3CC3)NCC2C2CC2)cc1. The fraction of sp³-hybridized carbons (Fsp3) is 0.667. The number of nitrogens with one attached hydrogen (secondary N) is 1. The second-order valence-electron chi connectivity index (χ2n) is 7.03. The summed E-state index contributed by atoms with van der Waals surface area (Å²) in [6, 6.07) is 10.1. The molecule has 1 aromatic rings. The van der Waals surface area contributed by atoms with Crippen LogP contribution >= 0.6 is 0 Å². The van der Waals surface area contributed by atoms with E-state index in [1.165, 1.54) is 44.3 Å². The summed E-state index contributed by atoms with van der Waals surface area (Å²) < 4.78 is 5.26. The molecule has 2 unspecified atom stereocenters. The van der Waals surface area contributed by atoms with Gasteiger partial charge in [0.25, 0.3) is 0 Å². The lowest BCUT2D eigenvalue weighted by molar-refractivity contribution is 0.100. The monoisotopic (exact) mass is 286 g/mol. The van der Waals surface area contributed by atoms with Gasteiger partial charge in [0.1, 0.15) is 5.75 Å². The van der Waals surface area contributed by atoms with Crippen molar-refractivity contribution in [2.24, 2.45) is 11.8 Å². The first-order valence-electron chi connectivity index (χ1n) is 8.44. The second-order valence-corrected chi connectivity index (χ2v) is 7.03. The van der Waals surface area contributed by atoms with E-state index in [1.807, 2.05) is 0 Å². The van der Waals surface area contributed by atoms with Crippen molar-refractivity contribution in [3.63, 3.8) is 0 Å². The number of nitrogens with zero attached hydrogens (tertiary/aromatic N) is 1. The van der Waals surface area contributed by atoms with Crippen molar-refractivity contribution in [2.45, 2.75) is 44.3 Å². The lowest BCUT2D eigenvalue weighted by Crippen LogP contribution is -2.57. The number of ether oxygens (including phenoxy) is 1. The Morgan fingerprint density at radius 1 is 1.10 bits per heavy atom. The Morgan fingerprint density at radius 3 is 2.43 bits per heavy atom. The number of benzene rings is 1. The molecule has 2 aliphatic carbocycles. The van der Waals surface area contributed by atoms with Crippen LogP contribution < -0.4 is 10.1 Å². The maximum atomic E-state index is 5.26. The highest BCUT2D eigenvalue weighted by atomic mass is 16.5. The first-order chi connectivity index (χ1) is 10.3. The van der Waals surface area contributed by atoms with Gasteiger partial charge >= 0.3 is 0 Å². The van der Waals surface area contributed by atoms with Crippen molar-refractivity contribution >= 4 is 0 Å². The van der Waals surface area contributed by atoms with Crippen molar-refractivity contribution in [3.8, 4) is 5.75 Å². The highest BCUT2D eigenvalue weighted by Crippen LogP contribution is 2.40. The van der Waals surface area contributed by atoms with E-state index in [1.54, 1.807) is 7.11 Å². The summed E-state index contributed by atoms with van der Waals surface area (Å²) in [5, 5.41) is 3.82. The largest absolute Gasteiger partial charge is 0.497 e. The van der Waals surface area contributed by atoms with Crippen LogP contribution in [-0.4, -0.2) is 37.2 Å². The highest BCUT2D eigenvalue weighted by Gasteiger charge is 2.42. The minimum absolute atomic E-state index is 0.734. The van der Waals surface area contributed by atoms with Crippen molar-refractivity contribution in [2.75, 3.05) is 20.2 Å². The molecule has 0 amide bonds. The van der Waals surface area contributed by atoms with Crippen LogP contribution in [0.3, 0.4) is 0 Å². The normalized spacial score (nSPS) is 30.3. The van der Waals surface area contributed by atoms with Crippen LogP contribution in [0.1, 0.15) is 31.2 Å². The third-order valence-corrected chi connectivity index (χ3v) is 5.39. The van der Waals surface area contributed by atoms with Crippen molar-refractivity contribution in [1.29, 1.82) is 0 Å². The van der Waals surface area contributed by atoms with Crippen LogP contribution in [-0.2, 0) is 6.54 Å². The molecule has 114 valence electrons. The van der Waals surface area contributed by atoms with E-state index in [2.05, 4.69) is 34.5 Å². The topological polar surface area (TPSA) is 24.5 Å². The molecule has 2 atom stereocenters. The van der Waals surface area contributed by atoms with Gasteiger partial charge in [-0.05, 0) is 55.2 Å². The molecule has 0 bridgehead atoms. The molecule has 1 aromatic carbocycles. The molecule has 3 nitrogen and oxygen atoms in total. The van der Waals surface area contributed by atoms with Gasteiger partial charge in [0.2, 0.25) is 0 Å². The number of methoxy groups -OCH3 is 1. The smallest absolute Gasteiger partial charge is 0.118 e. The Kier molecular flexibility index (Phi) is 3.64. The average molecular weight is 286 g/mol. The third kappa shape index (κ3) is 3.09. The zero-order valence-electron chi connectivity index (χ0n) is 12.9. The zero-order chi connectivity index (χ0) is 14.2. The minimum atomic E-state index is 0.734. The van der Waals surface area contributed by atoms with Crippen molar-refractivity contribution in [3.05, 3.63) is 29.8 Å². The average Bonchev–Trinajstić information content (AvgIpc) is 3.41. The van der Waals surface area contributed by atoms with Crippen molar-refractivity contribution in [1.82, 2.24) is 10.2 Å². The van der Waals surface area contributed by atoms with E-state index in [0.29, 0.717) is 0 Å². The zero-order valence-corrected chi connectivity index (χ0v) is 12.9. The number of hydrogen-bond donors (Lipinski definition) is 1. The Bertz CT molecular complexity index is 478. The van der Waals surface area contributed by atoms with Crippen LogP contribution in [0.2, 0.25) is 0 Å².